The van der Waals surface area contributed by atoms with Crippen LogP contribution in [0.2, 0.25) is 0 Å². The van der Waals surface area contributed by atoms with Crippen molar-refractivity contribution in [2.45, 2.75) is 25.8 Å². The molecule has 0 aliphatic carbocycles. The Morgan fingerprint density at radius 2 is 1.91 bits per heavy atom. The molecule has 0 bridgehead atoms. The Labute approximate surface area is 131 Å². The van der Waals surface area contributed by atoms with E-state index in [0.29, 0.717) is 13.0 Å². The molecule has 22 heavy (non-hydrogen) atoms. The zero-order chi connectivity index (χ0) is 16.1. The minimum Gasteiger partial charge on any atom is -0.477 e. The number of hydrogen-bond acceptors (Lipinski definition) is 3. The van der Waals surface area contributed by atoms with Gasteiger partial charge in [-0.1, -0.05) is 19.1 Å². The monoisotopic (exact) mass is 321 g/mol. The van der Waals surface area contributed by atoms with Crippen molar-refractivity contribution in [1.29, 1.82) is 0 Å². The van der Waals surface area contributed by atoms with Gasteiger partial charge in [0, 0.05) is 11.3 Å². The molecule has 116 valence electrons. The van der Waals surface area contributed by atoms with Crippen LogP contribution in [0.3, 0.4) is 0 Å². The number of carbonyl (C=O) groups excluding carboxylic acids is 1. The third-order valence-electron chi connectivity index (χ3n) is 3.26. The lowest BCUT2D eigenvalue weighted by Crippen LogP contribution is -2.23. The van der Waals surface area contributed by atoms with E-state index in [4.69, 9.17) is 5.11 Å². The van der Waals surface area contributed by atoms with E-state index < -0.39 is 5.97 Å². The summed E-state index contributed by atoms with van der Waals surface area (Å²) in [5.74, 6) is -1.40. The third kappa shape index (κ3) is 4.39. The molecule has 0 saturated carbocycles. The van der Waals surface area contributed by atoms with Crippen molar-refractivity contribution in [3.63, 3.8) is 0 Å². The van der Waals surface area contributed by atoms with Gasteiger partial charge >= 0.3 is 5.97 Å². The van der Waals surface area contributed by atoms with Crippen LogP contribution in [0.4, 0.5) is 4.39 Å². The lowest BCUT2D eigenvalue weighted by atomic mass is 9.97. The van der Waals surface area contributed by atoms with Crippen molar-refractivity contribution in [3.8, 4) is 0 Å². The second-order valence-electron chi connectivity index (χ2n) is 5.00. The maximum Gasteiger partial charge on any atom is 0.345 e. The number of rotatable bonds is 6. The van der Waals surface area contributed by atoms with Gasteiger partial charge in [-0.2, -0.15) is 0 Å². The zero-order valence-electron chi connectivity index (χ0n) is 12.0. The summed E-state index contributed by atoms with van der Waals surface area (Å²) >= 11 is 1.14. The van der Waals surface area contributed by atoms with Gasteiger partial charge in [0.1, 0.15) is 10.7 Å². The zero-order valence-corrected chi connectivity index (χ0v) is 12.8. The van der Waals surface area contributed by atoms with Gasteiger partial charge in [-0.3, -0.25) is 4.79 Å². The molecule has 6 heteroatoms. The molecule has 1 aromatic carbocycles. The number of halogens is 1. The SMILES string of the molecule is CC(CC(=O)NCc1ccc(C(=O)O)s1)c1ccc(F)cc1. The number of benzene rings is 1. The number of nitrogens with one attached hydrogen (secondary N) is 1. The van der Waals surface area contributed by atoms with Crippen molar-refractivity contribution >= 4 is 23.2 Å². The molecule has 4 nitrogen and oxygen atoms in total. The average Bonchev–Trinajstić information content (AvgIpc) is 2.95. The van der Waals surface area contributed by atoms with Gasteiger partial charge in [0.25, 0.3) is 0 Å². The molecule has 1 unspecified atom stereocenters. The first-order valence-corrected chi connectivity index (χ1v) is 7.61. The van der Waals surface area contributed by atoms with E-state index in [2.05, 4.69) is 5.32 Å². The minimum absolute atomic E-state index is 0.0153. The Morgan fingerprint density at radius 3 is 2.50 bits per heavy atom. The number of carboxylic acid groups (broad SMARTS) is 1. The maximum absolute atomic E-state index is 12.9. The van der Waals surface area contributed by atoms with E-state index in [1.807, 2.05) is 6.92 Å². The first-order chi connectivity index (χ1) is 10.5. The fourth-order valence-corrected chi connectivity index (χ4v) is 2.82. The van der Waals surface area contributed by atoms with Crippen LogP contribution in [-0.4, -0.2) is 17.0 Å². The van der Waals surface area contributed by atoms with Crippen LogP contribution in [0.25, 0.3) is 0 Å². The fraction of sp³-hybridized carbons (Fsp3) is 0.250. The minimum atomic E-state index is -0.965. The lowest BCUT2D eigenvalue weighted by Gasteiger charge is -2.11. The van der Waals surface area contributed by atoms with Gasteiger partial charge in [-0.25, -0.2) is 9.18 Å². The highest BCUT2D eigenvalue weighted by Crippen LogP contribution is 2.20. The first-order valence-electron chi connectivity index (χ1n) is 6.80. The van der Waals surface area contributed by atoms with E-state index in [0.717, 1.165) is 21.8 Å². The van der Waals surface area contributed by atoms with Crippen LogP contribution in [0.5, 0.6) is 0 Å². The van der Waals surface area contributed by atoms with Crippen LogP contribution in [-0.2, 0) is 11.3 Å². The number of carboxylic acids is 1. The summed E-state index contributed by atoms with van der Waals surface area (Å²) in [7, 11) is 0. The predicted octanol–water partition coefficient (Wildman–Crippen LogP) is 3.40. The van der Waals surface area contributed by atoms with Gasteiger partial charge in [0.2, 0.25) is 5.91 Å². The van der Waals surface area contributed by atoms with Crippen LogP contribution in [0.15, 0.2) is 36.4 Å². The standard InChI is InChI=1S/C16H16FNO3S/c1-10(11-2-4-12(17)5-3-11)8-15(19)18-9-13-6-7-14(22-13)16(20)21/h2-7,10H,8-9H2,1H3,(H,18,19)(H,20,21). The van der Waals surface area contributed by atoms with Crippen LogP contribution in [0, 0.1) is 5.82 Å². The third-order valence-corrected chi connectivity index (χ3v) is 4.34. The molecule has 0 aliphatic heterocycles. The second kappa shape index (κ2) is 7.17. The van der Waals surface area contributed by atoms with Crippen LogP contribution < -0.4 is 5.32 Å². The van der Waals surface area contributed by atoms with E-state index in [9.17, 15) is 14.0 Å². The van der Waals surface area contributed by atoms with Gasteiger partial charge in [0.15, 0.2) is 0 Å². The number of carbonyl (C=O) groups is 2. The molecule has 1 amide bonds. The van der Waals surface area contributed by atoms with Gasteiger partial charge in [-0.05, 0) is 35.7 Å². The lowest BCUT2D eigenvalue weighted by molar-refractivity contribution is -0.121. The summed E-state index contributed by atoms with van der Waals surface area (Å²) in [6.45, 7) is 2.22. The van der Waals surface area contributed by atoms with E-state index in [1.165, 1.54) is 18.2 Å². The van der Waals surface area contributed by atoms with Crippen molar-refractivity contribution in [3.05, 3.63) is 57.5 Å². The Bertz CT molecular complexity index is 666. The molecule has 0 spiro atoms. The average molecular weight is 321 g/mol. The molecule has 0 fully saturated rings. The molecular weight excluding hydrogens is 305 g/mol. The summed E-state index contributed by atoms with van der Waals surface area (Å²) in [4.78, 5) is 23.7. The molecular formula is C16H16FNO3S. The highest BCUT2D eigenvalue weighted by molar-refractivity contribution is 7.13. The normalized spacial score (nSPS) is 11.9. The van der Waals surface area contributed by atoms with Crippen molar-refractivity contribution in [2.24, 2.45) is 0 Å². The molecule has 0 saturated heterocycles. The first kappa shape index (κ1) is 16.2. The van der Waals surface area contributed by atoms with E-state index in [1.54, 1.807) is 18.2 Å². The maximum atomic E-state index is 12.9. The van der Waals surface area contributed by atoms with E-state index in [-0.39, 0.29) is 22.5 Å². The largest absolute Gasteiger partial charge is 0.477 e. The van der Waals surface area contributed by atoms with Crippen molar-refractivity contribution < 1.29 is 19.1 Å². The quantitative estimate of drug-likeness (QED) is 0.857. The summed E-state index contributed by atoms with van der Waals surface area (Å²) < 4.78 is 12.9. The molecule has 1 heterocycles. The summed E-state index contributed by atoms with van der Waals surface area (Å²) in [6, 6.07) is 9.32. The molecule has 0 aliphatic rings. The summed E-state index contributed by atoms with van der Waals surface area (Å²) in [5.41, 5.74) is 0.904. The van der Waals surface area contributed by atoms with Gasteiger partial charge in [0.05, 0.1) is 6.54 Å². The number of aromatic carboxylic acids is 1. The molecule has 2 N–H and O–H groups in total. The molecule has 1 atom stereocenters. The predicted molar refractivity (Wildman–Crippen MR) is 82.6 cm³/mol. The van der Waals surface area contributed by atoms with Gasteiger partial charge < -0.3 is 10.4 Å². The van der Waals surface area contributed by atoms with E-state index >= 15 is 0 Å². The molecule has 0 radical (unpaired) electrons. The number of amides is 1. The van der Waals surface area contributed by atoms with Crippen molar-refractivity contribution in [2.75, 3.05) is 0 Å². The Hall–Kier alpha value is -2.21. The Morgan fingerprint density at radius 1 is 1.23 bits per heavy atom. The van der Waals surface area contributed by atoms with Crippen LogP contribution >= 0.6 is 11.3 Å². The molecule has 2 rings (SSSR count). The number of hydrogen-bond donors (Lipinski definition) is 2. The van der Waals surface area contributed by atoms with Crippen LogP contribution in [0.1, 0.15) is 39.4 Å². The molecule has 1 aromatic heterocycles. The smallest absolute Gasteiger partial charge is 0.345 e. The number of thiophene rings is 1. The Balaban J connectivity index is 1.84. The Kier molecular flexibility index (Phi) is 5.27. The summed E-state index contributed by atoms with van der Waals surface area (Å²) in [6.07, 6.45) is 0.294. The topological polar surface area (TPSA) is 66.4 Å². The van der Waals surface area contributed by atoms with Crippen molar-refractivity contribution in [1.82, 2.24) is 5.32 Å². The highest BCUT2D eigenvalue weighted by atomic mass is 32.1. The second-order valence-corrected chi connectivity index (χ2v) is 6.17. The highest BCUT2D eigenvalue weighted by Gasteiger charge is 2.12. The van der Waals surface area contributed by atoms with Gasteiger partial charge in [-0.15, -0.1) is 11.3 Å². The molecule has 2 aromatic rings. The summed E-state index contributed by atoms with van der Waals surface area (Å²) in [5, 5.41) is 11.6. The fourth-order valence-electron chi connectivity index (χ4n) is 2.03.